The molecule has 2 heterocycles. The fourth-order valence-corrected chi connectivity index (χ4v) is 3.25. The Morgan fingerprint density at radius 2 is 1.89 bits per heavy atom. The number of aryl methyl sites for hydroxylation is 1. The van der Waals surface area contributed by atoms with Gasteiger partial charge in [-0.3, -0.25) is 4.79 Å². The number of nitrogens with one attached hydrogen (secondary N) is 2. The molecule has 28 heavy (non-hydrogen) atoms. The normalized spacial score (nSPS) is 11.4. The van der Waals surface area contributed by atoms with Gasteiger partial charge in [-0.1, -0.05) is 0 Å². The smallest absolute Gasteiger partial charge is 0.241 e. The van der Waals surface area contributed by atoms with Gasteiger partial charge in [-0.15, -0.1) is 5.10 Å². The minimum atomic E-state index is -3.98. The number of halogens is 2. The van der Waals surface area contributed by atoms with E-state index in [1.54, 1.807) is 6.92 Å². The second kappa shape index (κ2) is 7.82. The highest BCUT2D eigenvalue weighted by molar-refractivity contribution is 7.89. The van der Waals surface area contributed by atoms with Crippen LogP contribution in [0, 0.1) is 18.6 Å². The van der Waals surface area contributed by atoms with Crippen LogP contribution in [0.2, 0.25) is 0 Å². The van der Waals surface area contributed by atoms with Crippen LogP contribution in [0.5, 0.6) is 0 Å². The maximum atomic E-state index is 13.8. The third-order valence-electron chi connectivity index (χ3n) is 3.66. The van der Waals surface area contributed by atoms with E-state index in [-0.39, 0.29) is 16.5 Å². The van der Waals surface area contributed by atoms with Crippen molar-refractivity contribution in [1.82, 2.24) is 19.5 Å². The number of amides is 1. The number of hydrogen-bond acceptors (Lipinski definition) is 5. The molecule has 2 N–H and O–H groups in total. The zero-order chi connectivity index (χ0) is 20.3. The molecular formula is C17H15F2N5O3S. The van der Waals surface area contributed by atoms with Crippen molar-refractivity contribution in [3.8, 4) is 5.82 Å². The van der Waals surface area contributed by atoms with Crippen molar-refractivity contribution in [1.29, 1.82) is 0 Å². The van der Waals surface area contributed by atoms with Gasteiger partial charge in [-0.05, 0) is 43.3 Å². The average molecular weight is 407 g/mol. The van der Waals surface area contributed by atoms with Crippen LogP contribution < -0.4 is 10.0 Å². The highest BCUT2D eigenvalue weighted by Crippen LogP contribution is 2.16. The van der Waals surface area contributed by atoms with Gasteiger partial charge in [0.1, 0.15) is 5.82 Å². The number of carbonyl (C=O) groups is 1. The second-order valence-electron chi connectivity index (χ2n) is 5.74. The number of anilines is 1. The van der Waals surface area contributed by atoms with Gasteiger partial charge in [0.15, 0.2) is 17.5 Å². The van der Waals surface area contributed by atoms with Gasteiger partial charge in [-0.2, -0.15) is 0 Å². The Bertz CT molecular complexity index is 1110. The van der Waals surface area contributed by atoms with E-state index < -0.39 is 34.1 Å². The molecule has 0 aliphatic carbocycles. The van der Waals surface area contributed by atoms with Crippen LogP contribution in [0.25, 0.3) is 5.82 Å². The van der Waals surface area contributed by atoms with Crippen LogP contribution in [0.3, 0.4) is 0 Å². The van der Waals surface area contributed by atoms with E-state index in [1.807, 2.05) is 0 Å². The van der Waals surface area contributed by atoms with E-state index in [2.05, 4.69) is 20.1 Å². The first-order valence-electron chi connectivity index (χ1n) is 7.98. The molecule has 0 spiro atoms. The Morgan fingerprint density at radius 1 is 1.18 bits per heavy atom. The van der Waals surface area contributed by atoms with Crippen molar-refractivity contribution in [2.45, 2.75) is 11.8 Å². The Labute approximate surface area is 159 Å². The molecule has 146 valence electrons. The van der Waals surface area contributed by atoms with Crippen LogP contribution >= 0.6 is 0 Å². The summed E-state index contributed by atoms with van der Waals surface area (Å²) < 4.78 is 54.2. The molecule has 0 atom stereocenters. The number of pyridine rings is 1. The van der Waals surface area contributed by atoms with E-state index in [0.29, 0.717) is 5.56 Å². The summed E-state index contributed by atoms with van der Waals surface area (Å²) in [6.45, 7) is 1.08. The first-order valence-corrected chi connectivity index (χ1v) is 9.47. The lowest BCUT2D eigenvalue weighted by Crippen LogP contribution is -2.33. The van der Waals surface area contributed by atoms with E-state index in [4.69, 9.17) is 0 Å². The van der Waals surface area contributed by atoms with Gasteiger partial charge in [0.05, 0.1) is 11.4 Å². The van der Waals surface area contributed by atoms with Gasteiger partial charge in [-0.25, -0.2) is 31.6 Å². The van der Waals surface area contributed by atoms with Gasteiger partial charge < -0.3 is 5.32 Å². The molecular weight excluding hydrogens is 392 g/mol. The number of hydrogen-bond donors (Lipinski definition) is 2. The molecule has 2 aromatic heterocycles. The summed E-state index contributed by atoms with van der Waals surface area (Å²) >= 11 is 0. The summed E-state index contributed by atoms with van der Waals surface area (Å²) in [5.41, 5.74) is 0.528. The third-order valence-corrected chi connectivity index (χ3v) is 5.07. The molecule has 0 radical (unpaired) electrons. The number of carbonyl (C=O) groups excluding carboxylic acids is 1. The summed E-state index contributed by atoms with van der Waals surface area (Å²) in [7, 11) is -3.98. The predicted molar refractivity (Wildman–Crippen MR) is 96.3 cm³/mol. The maximum absolute atomic E-state index is 13.8. The molecule has 0 fully saturated rings. The van der Waals surface area contributed by atoms with Gasteiger partial charge in [0, 0.05) is 18.0 Å². The van der Waals surface area contributed by atoms with Crippen molar-refractivity contribution >= 4 is 21.7 Å². The molecule has 0 saturated heterocycles. The first-order chi connectivity index (χ1) is 13.3. The van der Waals surface area contributed by atoms with Gasteiger partial charge in [0.25, 0.3) is 0 Å². The Hall–Kier alpha value is -3.18. The minimum Gasteiger partial charge on any atom is -0.308 e. The van der Waals surface area contributed by atoms with Crippen LogP contribution in [0.15, 0.2) is 53.7 Å². The van der Waals surface area contributed by atoms with Crippen LogP contribution in [-0.4, -0.2) is 35.6 Å². The van der Waals surface area contributed by atoms with Gasteiger partial charge >= 0.3 is 0 Å². The molecule has 0 aliphatic heterocycles. The number of benzene rings is 1. The Kier molecular flexibility index (Phi) is 5.47. The maximum Gasteiger partial charge on any atom is 0.241 e. The SMILES string of the molecule is Cc1cn(-c2ncccc2F)nc1NC(=O)CNS(=O)(=O)c1ccc(F)cc1. The highest BCUT2D eigenvalue weighted by Gasteiger charge is 2.17. The minimum absolute atomic E-state index is 0.0388. The summed E-state index contributed by atoms with van der Waals surface area (Å²) in [6, 6.07) is 6.83. The second-order valence-corrected chi connectivity index (χ2v) is 7.51. The lowest BCUT2D eigenvalue weighted by Gasteiger charge is -2.07. The molecule has 11 heteroatoms. The van der Waals surface area contributed by atoms with E-state index >= 15 is 0 Å². The lowest BCUT2D eigenvalue weighted by molar-refractivity contribution is -0.115. The largest absolute Gasteiger partial charge is 0.308 e. The average Bonchev–Trinajstić information content (AvgIpc) is 3.01. The van der Waals surface area contributed by atoms with E-state index in [1.165, 1.54) is 29.2 Å². The highest BCUT2D eigenvalue weighted by atomic mass is 32.2. The molecule has 3 aromatic rings. The number of sulfonamides is 1. The topological polar surface area (TPSA) is 106 Å². The molecule has 0 aliphatic rings. The third kappa shape index (κ3) is 4.38. The Balaban J connectivity index is 1.67. The zero-order valence-electron chi connectivity index (χ0n) is 14.6. The van der Waals surface area contributed by atoms with E-state index in [0.717, 1.165) is 24.3 Å². The molecule has 1 aromatic carbocycles. The fourth-order valence-electron chi connectivity index (χ4n) is 2.27. The predicted octanol–water partition coefficient (Wildman–Crippen LogP) is 1.77. The summed E-state index contributed by atoms with van der Waals surface area (Å²) in [5, 5.41) is 6.50. The summed E-state index contributed by atoms with van der Waals surface area (Å²) in [4.78, 5) is 15.8. The van der Waals surface area contributed by atoms with Gasteiger partial charge in [0.2, 0.25) is 15.9 Å². The molecule has 0 saturated carbocycles. The molecule has 3 rings (SSSR count). The van der Waals surface area contributed by atoms with Crippen LogP contribution in [0.4, 0.5) is 14.6 Å². The van der Waals surface area contributed by atoms with Crippen LogP contribution in [0.1, 0.15) is 5.56 Å². The fraction of sp³-hybridized carbons (Fsp3) is 0.118. The first kappa shape index (κ1) is 19.6. The lowest BCUT2D eigenvalue weighted by atomic mass is 10.3. The standard InChI is InChI=1S/C17H15F2N5O3S/c1-11-10-24(17-14(19)3-2-8-20-17)23-16(11)22-15(25)9-21-28(26,27)13-6-4-12(18)5-7-13/h2-8,10,21H,9H2,1H3,(H,22,23,25). The number of rotatable bonds is 6. The number of aromatic nitrogens is 3. The quantitative estimate of drug-likeness (QED) is 0.648. The van der Waals surface area contributed by atoms with Crippen molar-refractivity contribution in [2.24, 2.45) is 0 Å². The molecule has 8 nitrogen and oxygen atoms in total. The van der Waals surface area contributed by atoms with Crippen molar-refractivity contribution < 1.29 is 22.0 Å². The molecule has 0 unspecified atom stereocenters. The zero-order valence-corrected chi connectivity index (χ0v) is 15.4. The van der Waals surface area contributed by atoms with Crippen LogP contribution in [-0.2, 0) is 14.8 Å². The number of nitrogens with zero attached hydrogens (tertiary/aromatic N) is 3. The van der Waals surface area contributed by atoms with Crippen molar-refractivity contribution in [3.05, 3.63) is 66.0 Å². The summed E-state index contributed by atoms with van der Waals surface area (Å²) in [5.74, 6) is -1.75. The molecule has 1 amide bonds. The van der Waals surface area contributed by atoms with Crippen molar-refractivity contribution in [2.75, 3.05) is 11.9 Å². The van der Waals surface area contributed by atoms with Crippen molar-refractivity contribution in [3.63, 3.8) is 0 Å². The monoisotopic (exact) mass is 407 g/mol. The van der Waals surface area contributed by atoms with E-state index in [9.17, 15) is 22.0 Å². The summed E-state index contributed by atoms with van der Waals surface area (Å²) in [6.07, 6.45) is 2.88. The Morgan fingerprint density at radius 3 is 2.57 bits per heavy atom. The molecule has 0 bridgehead atoms.